The van der Waals surface area contributed by atoms with Crippen molar-refractivity contribution in [3.8, 4) is 5.75 Å². The summed E-state index contributed by atoms with van der Waals surface area (Å²) in [4.78, 5) is 11.2. The molecule has 0 aromatic heterocycles. The van der Waals surface area contributed by atoms with Gasteiger partial charge in [-0.05, 0) is 17.7 Å². The molecule has 1 rings (SSSR count). The smallest absolute Gasteiger partial charge is 0.461 e. The summed E-state index contributed by atoms with van der Waals surface area (Å²) in [5.41, 5.74) is 5.58. The number of nitrogens with two attached hydrogens (primary N) is 1. The Morgan fingerprint density at radius 2 is 2.00 bits per heavy atom. The number of hydrogen-bond donors (Lipinski definition) is 1. The molecule has 8 heteroatoms. The van der Waals surface area contributed by atoms with Crippen molar-refractivity contribution in [1.29, 1.82) is 0 Å². The van der Waals surface area contributed by atoms with E-state index in [1.807, 2.05) is 0 Å². The van der Waals surface area contributed by atoms with Crippen LogP contribution >= 0.6 is 0 Å². The van der Waals surface area contributed by atoms with Crippen LogP contribution < -0.4 is 10.5 Å². The first-order chi connectivity index (χ1) is 8.77. The summed E-state index contributed by atoms with van der Waals surface area (Å²) in [5, 5.41) is 0. The number of ether oxygens (including phenoxy) is 2. The van der Waals surface area contributed by atoms with Crippen LogP contribution in [0.4, 0.5) is 17.6 Å². The van der Waals surface area contributed by atoms with Gasteiger partial charge in [0.2, 0.25) is 0 Å². The Bertz CT molecular complexity index is 453. The van der Waals surface area contributed by atoms with Crippen molar-refractivity contribution in [2.75, 3.05) is 7.11 Å². The van der Waals surface area contributed by atoms with Gasteiger partial charge in [-0.25, -0.2) is 0 Å². The highest BCUT2D eigenvalue weighted by Crippen LogP contribution is 2.28. The van der Waals surface area contributed by atoms with E-state index in [0.717, 1.165) is 19.2 Å². The van der Waals surface area contributed by atoms with Gasteiger partial charge in [0.05, 0.1) is 7.11 Å². The predicted molar refractivity (Wildman–Crippen MR) is 57.0 cm³/mol. The van der Waals surface area contributed by atoms with Crippen molar-refractivity contribution < 1.29 is 31.8 Å². The lowest BCUT2D eigenvalue weighted by Crippen LogP contribution is -2.33. The van der Waals surface area contributed by atoms with Crippen molar-refractivity contribution in [3.63, 3.8) is 0 Å². The van der Waals surface area contributed by atoms with E-state index in [1.165, 1.54) is 12.1 Å². The first-order valence-corrected chi connectivity index (χ1v) is 5.06. The Labute approximate surface area is 106 Å². The van der Waals surface area contributed by atoms with Crippen LogP contribution in [0.2, 0.25) is 0 Å². The van der Waals surface area contributed by atoms with Crippen molar-refractivity contribution in [1.82, 2.24) is 0 Å². The second-order valence-corrected chi connectivity index (χ2v) is 3.54. The molecule has 0 amide bonds. The Morgan fingerprint density at radius 1 is 1.37 bits per heavy atom. The van der Waals surface area contributed by atoms with Crippen LogP contribution in [0.3, 0.4) is 0 Å². The van der Waals surface area contributed by atoms with Gasteiger partial charge >= 0.3 is 18.5 Å². The highest BCUT2D eigenvalue weighted by Gasteiger charge is 2.44. The number of rotatable bonds is 5. The molecular formula is C11H11F4NO3. The van der Waals surface area contributed by atoms with E-state index < -0.39 is 30.3 Å². The van der Waals surface area contributed by atoms with E-state index in [4.69, 9.17) is 5.73 Å². The van der Waals surface area contributed by atoms with Crippen LogP contribution in [0.1, 0.15) is 11.6 Å². The number of esters is 1. The van der Waals surface area contributed by atoms with Crippen LogP contribution in [0, 0.1) is 0 Å². The average molecular weight is 281 g/mol. The minimum absolute atomic E-state index is 0.106. The number of hydrogen-bond acceptors (Lipinski definition) is 4. The van der Waals surface area contributed by atoms with Crippen molar-refractivity contribution in [2.24, 2.45) is 5.73 Å². The summed E-state index contributed by atoms with van der Waals surface area (Å²) in [7, 11) is 1.10. The largest absolute Gasteiger partial charge is 0.468 e. The Kier molecular flexibility index (Phi) is 4.71. The second-order valence-electron chi connectivity index (χ2n) is 3.54. The minimum atomic E-state index is -4.62. The van der Waals surface area contributed by atoms with Crippen LogP contribution in [0.15, 0.2) is 24.3 Å². The highest BCUT2D eigenvalue weighted by atomic mass is 19.3. The lowest BCUT2D eigenvalue weighted by molar-refractivity contribution is -0.253. The molecule has 0 spiro atoms. The third-order valence-electron chi connectivity index (χ3n) is 2.18. The maximum absolute atomic E-state index is 12.7. The standard InChI is InChI=1S/C11H11F4NO3/c1-18-9(17)8(16)6-3-2-4-7(5-6)19-11(14,15)10(12)13/h2-5,8,10H,16H2,1H3/t8-/m0/s1. The van der Waals surface area contributed by atoms with Crippen LogP contribution in [0.5, 0.6) is 5.75 Å². The number of halogens is 4. The predicted octanol–water partition coefficient (Wildman–Crippen LogP) is 2.10. The van der Waals surface area contributed by atoms with E-state index >= 15 is 0 Å². The number of alkyl halides is 4. The number of methoxy groups -OCH3 is 1. The summed E-state index contributed by atoms with van der Waals surface area (Å²) < 4.78 is 57.6. The van der Waals surface area contributed by atoms with E-state index in [1.54, 1.807) is 0 Å². The molecule has 0 unspecified atom stereocenters. The van der Waals surface area contributed by atoms with E-state index in [0.29, 0.717) is 0 Å². The van der Waals surface area contributed by atoms with Gasteiger partial charge in [-0.15, -0.1) is 0 Å². The van der Waals surface area contributed by atoms with Crippen molar-refractivity contribution in [2.45, 2.75) is 18.6 Å². The first kappa shape index (κ1) is 15.2. The zero-order chi connectivity index (χ0) is 14.6. The second kappa shape index (κ2) is 5.87. The molecule has 2 N–H and O–H groups in total. The van der Waals surface area contributed by atoms with Gasteiger partial charge in [0.1, 0.15) is 11.8 Å². The first-order valence-electron chi connectivity index (χ1n) is 5.06. The highest BCUT2D eigenvalue weighted by molar-refractivity contribution is 5.77. The fraction of sp³-hybridized carbons (Fsp3) is 0.364. The molecule has 0 bridgehead atoms. The molecule has 0 fully saturated rings. The molecule has 4 nitrogen and oxygen atoms in total. The molecule has 0 aliphatic heterocycles. The van der Waals surface area contributed by atoms with Gasteiger partial charge in [0.25, 0.3) is 0 Å². The van der Waals surface area contributed by atoms with Crippen LogP contribution in [-0.2, 0) is 9.53 Å². The third kappa shape index (κ3) is 3.82. The molecule has 0 heterocycles. The van der Waals surface area contributed by atoms with Gasteiger partial charge in [0, 0.05) is 0 Å². The number of benzene rings is 1. The zero-order valence-electron chi connectivity index (χ0n) is 9.78. The van der Waals surface area contributed by atoms with E-state index in [-0.39, 0.29) is 5.56 Å². The summed E-state index contributed by atoms with van der Waals surface area (Å²) in [5.74, 6) is -1.32. The third-order valence-corrected chi connectivity index (χ3v) is 2.18. The molecule has 0 saturated carbocycles. The fourth-order valence-corrected chi connectivity index (χ4v) is 1.24. The van der Waals surface area contributed by atoms with Crippen LogP contribution in [-0.4, -0.2) is 25.6 Å². The zero-order valence-corrected chi connectivity index (χ0v) is 9.78. The topological polar surface area (TPSA) is 61.5 Å². The van der Waals surface area contributed by atoms with Crippen molar-refractivity contribution >= 4 is 5.97 Å². The molecule has 0 saturated heterocycles. The molecule has 106 valence electrons. The van der Waals surface area contributed by atoms with Gasteiger partial charge in [-0.1, -0.05) is 12.1 Å². The van der Waals surface area contributed by atoms with Gasteiger partial charge in [-0.3, -0.25) is 4.79 Å². The normalized spacial score (nSPS) is 13.2. The lowest BCUT2D eigenvalue weighted by atomic mass is 10.1. The molecule has 0 aliphatic rings. The van der Waals surface area contributed by atoms with Crippen LogP contribution in [0.25, 0.3) is 0 Å². The number of carbonyl (C=O) groups is 1. The Morgan fingerprint density at radius 3 is 2.53 bits per heavy atom. The maximum Gasteiger partial charge on any atom is 0.461 e. The van der Waals surface area contributed by atoms with Crippen molar-refractivity contribution in [3.05, 3.63) is 29.8 Å². The van der Waals surface area contributed by atoms with E-state index in [9.17, 15) is 22.4 Å². The van der Waals surface area contributed by atoms with Gasteiger partial charge in [-0.2, -0.15) is 17.6 Å². The molecule has 19 heavy (non-hydrogen) atoms. The maximum atomic E-state index is 12.7. The van der Waals surface area contributed by atoms with Gasteiger partial charge < -0.3 is 15.2 Å². The number of carbonyl (C=O) groups excluding carboxylic acids is 1. The molecule has 0 aliphatic carbocycles. The summed E-state index contributed by atoms with van der Waals surface area (Å²) in [6, 6.07) is 3.40. The Hall–Kier alpha value is -1.83. The molecule has 1 aromatic carbocycles. The quantitative estimate of drug-likeness (QED) is 0.663. The molecule has 1 aromatic rings. The SMILES string of the molecule is COC(=O)[C@@H](N)c1cccc(OC(F)(F)C(F)F)c1. The monoisotopic (exact) mass is 281 g/mol. The Balaban J connectivity index is 2.92. The minimum Gasteiger partial charge on any atom is -0.468 e. The lowest BCUT2D eigenvalue weighted by Gasteiger charge is -2.18. The molecule has 0 radical (unpaired) electrons. The average Bonchev–Trinajstić information content (AvgIpc) is 2.36. The molecule has 1 atom stereocenters. The van der Waals surface area contributed by atoms with Gasteiger partial charge in [0.15, 0.2) is 0 Å². The fourth-order valence-electron chi connectivity index (χ4n) is 1.24. The summed E-state index contributed by atoms with van der Waals surface area (Å²) >= 11 is 0. The van der Waals surface area contributed by atoms with E-state index in [2.05, 4.69) is 9.47 Å². The molecular weight excluding hydrogens is 270 g/mol. The summed E-state index contributed by atoms with van der Waals surface area (Å²) in [6.45, 7) is 0. The summed E-state index contributed by atoms with van der Waals surface area (Å²) in [6.07, 6.45) is -8.58.